The number of hydrogen-bond donors (Lipinski definition) is 0. The summed E-state index contributed by atoms with van der Waals surface area (Å²) in [5.41, 5.74) is 2.68. The molecule has 0 aliphatic carbocycles. The zero-order valence-corrected chi connectivity index (χ0v) is 15.0. The van der Waals surface area contributed by atoms with Gasteiger partial charge in [0.2, 0.25) is 5.82 Å². The van der Waals surface area contributed by atoms with E-state index in [-0.39, 0.29) is 0 Å². The van der Waals surface area contributed by atoms with E-state index in [0.29, 0.717) is 28.6 Å². The largest absolute Gasteiger partial charge is 0.496 e. The van der Waals surface area contributed by atoms with Crippen LogP contribution in [0.15, 0.2) is 67.0 Å². The quantitative estimate of drug-likeness (QED) is 0.533. The van der Waals surface area contributed by atoms with Crippen LogP contribution in [0, 0.1) is 11.3 Å². The van der Waals surface area contributed by atoms with Crippen LogP contribution >= 0.6 is 0 Å². The SMILES string of the molecule is COc1cc(-n2nnc(-c3ccccn3)n2)ccc1C(C#N)c1ccccn1. The lowest BCUT2D eigenvalue weighted by molar-refractivity contribution is 0.409. The van der Waals surface area contributed by atoms with Crippen LogP contribution in [0.4, 0.5) is 0 Å². The molecule has 8 nitrogen and oxygen atoms in total. The highest BCUT2D eigenvalue weighted by Gasteiger charge is 2.20. The third kappa shape index (κ3) is 3.29. The predicted octanol–water partition coefficient (Wildman–Crippen LogP) is 2.78. The van der Waals surface area contributed by atoms with Gasteiger partial charge in [-0.05, 0) is 35.5 Å². The van der Waals surface area contributed by atoms with Crippen molar-refractivity contribution in [2.45, 2.75) is 5.92 Å². The Morgan fingerprint density at radius 1 is 1.04 bits per heavy atom. The maximum Gasteiger partial charge on any atom is 0.223 e. The number of nitriles is 1. The molecule has 8 heteroatoms. The Kier molecular flexibility index (Phi) is 4.72. The Morgan fingerprint density at radius 2 is 1.86 bits per heavy atom. The molecule has 0 fully saturated rings. The summed E-state index contributed by atoms with van der Waals surface area (Å²) in [7, 11) is 1.56. The second-order valence-corrected chi connectivity index (χ2v) is 5.86. The molecule has 0 saturated heterocycles. The Bertz CT molecular complexity index is 1120. The van der Waals surface area contributed by atoms with Crippen LogP contribution < -0.4 is 4.74 Å². The minimum absolute atomic E-state index is 0.423. The molecule has 3 aromatic heterocycles. The highest BCUT2D eigenvalue weighted by atomic mass is 16.5. The van der Waals surface area contributed by atoms with Gasteiger partial charge in [0.05, 0.1) is 24.6 Å². The molecule has 136 valence electrons. The highest BCUT2D eigenvalue weighted by Crippen LogP contribution is 2.32. The number of ether oxygens (including phenoxy) is 1. The molecule has 0 spiro atoms. The van der Waals surface area contributed by atoms with Crippen molar-refractivity contribution in [3.63, 3.8) is 0 Å². The summed E-state index contributed by atoms with van der Waals surface area (Å²) in [4.78, 5) is 9.92. The maximum atomic E-state index is 9.68. The van der Waals surface area contributed by atoms with E-state index in [4.69, 9.17) is 4.74 Å². The van der Waals surface area contributed by atoms with Crippen LogP contribution in [0.5, 0.6) is 5.75 Å². The van der Waals surface area contributed by atoms with Gasteiger partial charge in [-0.3, -0.25) is 9.97 Å². The third-order valence-electron chi connectivity index (χ3n) is 4.18. The molecular formula is C20H15N7O. The second-order valence-electron chi connectivity index (χ2n) is 5.86. The lowest BCUT2D eigenvalue weighted by atomic mass is 9.95. The fourth-order valence-corrected chi connectivity index (χ4v) is 2.83. The molecule has 4 aromatic rings. The minimum Gasteiger partial charge on any atom is -0.496 e. The van der Waals surface area contributed by atoms with Gasteiger partial charge in [0.1, 0.15) is 17.4 Å². The van der Waals surface area contributed by atoms with Gasteiger partial charge >= 0.3 is 0 Å². The second kappa shape index (κ2) is 7.63. The van der Waals surface area contributed by atoms with Gasteiger partial charge in [-0.2, -0.15) is 5.26 Å². The Labute approximate surface area is 161 Å². The Balaban J connectivity index is 1.70. The van der Waals surface area contributed by atoms with Crippen LogP contribution in [-0.2, 0) is 0 Å². The molecule has 0 amide bonds. The van der Waals surface area contributed by atoms with Crippen molar-refractivity contribution in [2.24, 2.45) is 0 Å². The topological polar surface area (TPSA) is 102 Å². The fraction of sp³-hybridized carbons (Fsp3) is 0.100. The molecular weight excluding hydrogens is 354 g/mol. The van der Waals surface area contributed by atoms with Crippen LogP contribution in [0.25, 0.3) is 17.2 Å². The first-order valence-corrected chi connectivity index (χ1v) is 8.50. The number of aromatic nitrogens is 6. The predicted molar refractivity (Wildman–Crippen MR) is 101 cm³/mol. The summed E-state index contributed by atoms with van der Waals surface area (Å²) in [5, 5.41) is 22.2. The van der Waals surface area contributed by atoms with Crippen molar-refractivity contribution >= 4 is 0 Å². The fourth-order valence-electron chi connectivity index (χ4n) is 2.83. The maximum absolute atomic E-state index is 9.68. The van der Waals surface area contributed by atoms with E-state index >= 15 is 0 Å². The van der Waals surface area contributed by atoms with E-state index in [1.807, 2.05) is 48.5 Å². The number of hydrogen-bond acceptors (Lipinski definition) is 7. The van der Waals surface area contributed by atoms with Gasteiger partial charge in [-0.15, -0.1) is 15.0 Å². The first-order valence-electron chi connectivity index (χ1n) is 8.50. The number of pyridine rings is 2. The number of methoxy groups -OCH3 is 1. The van der Waals surface area contributed by atoms with Crippen molar-refractivity contribution in [1.29, 1.82) is 5.26 Å². The molecule has 1 unspecified atom stereocenters. The average Bonchev–Trinajstić information content (AvgIpc) is 3.26. The number of tetrazole rings is 1. The number of nitrogens with zero attached hydrogens (tertiary/aromatic N) is 7. The van der Waals surface area contributed by atoms with Crippen LogP contribution in [0.3, 0.4) is 0 Å². The van der Waals surface area contributed by atoms with Gasteiger partial charge in [-0.1, -0.05) is 18.2 Å². The van der Waals surface area contributed by atoms with Crippen molar-refractivity contribution in [3.05, 3.63) is 78.2 Å². The molecule has 0 bridgehead atoms. The van der Waals surface area contributed by atoms with E-state index in [1.54, 1.807) is 25.6 Å². The van der Waals surface area contributed by atoms with Crippen molar-refractivity contribution in [2.75, 3.05) is 7.11 Å². The Hall–Kier alpha value is -4.12. The monoisotopic (exact) mass is 369 g/mol. The molecule has 1 atom stereocenters. The first kappa shape index (κ1) is 17.3. The van der Waals surface area contributed by atoms with Crippen LogP contribution in [0.2, 0.25) is 0 Å². The van der Waals surface area contributed by atoms with E-state index in [0.717, 1.165) is 5.56 Å². The zero-order valence-electron chi connectivity index (χ0n) is 15.0. The number of rotatable bonds is 5. The standard InChI is InChI=1S/C20H15N7O/c1-28-19-12-14(27-25-20(24-26-27)18-7-3-5-11-23-18)8-9-15(19)16(13-21)17-6-2-4-10-22-17/h2-12,16H,1H3. The molecule has 4 rings (SSSR count). The first-order chi connectivity index (χ1) is 13.8. The molecule has 0 aliphatic heterocycles. The smallest absolute Gasteiger partial charge is 0.223 e. The normalized spacial score (nSPS) is 11.6. The third-order valence-corrected chi connectivity index (χ3v) is 4.18. The van der Waals surface area contributed by atoms with E-state index < -0.39 is 5.92 Å². The van der Waals surface area contributed by atoms with Gasteiger partial charge < -0.3 is 4.74 Å². The molecule has 28 heavy (non-hydrogen) atoms. The molecule has 0 radical (unpaired) electrons. The lowest BCUT2D eigenvalue weighted by Crippen LogP contribution is -2.05. The Morgan fingerprint density at radius 3 is 2.54 bits per heavy atom. The molecule has 0 aliphatic rings. The average molecular weight is 369 g/mol. The summed E-state index contributed by atoms with van der Waals surface area (Å²) in [6.45, 7) is 0. The summed E-state index contributed by atoms with van der Waals surface area (Å²) in [5.74, 6) is 0.427. The molecule has 3 heterocycles. The van der Waals surface area contributed by atoms with E-state index in [2.05, 4.69) is 31.4 Å². The highest BCUT2D eigenvalue weighted by molar-refractivity contribution is 5.51. The van der Waals surface area contributed by atoms with Gasteiger partial charge in [0, 0.05) is 24.0 Å². The molecule has 1 aromatic carbocycles. The summed E-state index contributed by atoms with van der Waals surface area (Å²) in [6, 6.07) is 18.7. The summed E-state index contributed by atoms with van der Waals surface area (Å²) in [6.07, 6.45) is 3.34. The molecule has 0 saturated carbocycles. The minimum atomic E-state index is -0.544. The van der Waals surface area contributed by atoms with Crippen molar-refractivity contribution < 1.29 is 4.74 Å². The molecule has 0 N–H and O–H groups in total. The summed E-state index contributed by atoms with van der Waals surface area (Å²) < 4.78 is 5.52. The van der Waals surface area contributed by atoms with Gasteiger partial charge in [0.15, 0.2) is 0 Å². The van der Waals surface area contributed by atoms with Crippen molar-refractivity contribution in [1.82, 2.24) is 30.2 Å². The van der Waals surface area contributed by atoms with Gasteiger partial charge in [0.25, 0.3) is 0 Å². The van der Waals surface area contributed by atoms with Gasteiger partial charge in [-0.25, -0.2) is 0 Å². The zero-order chi connectivity index (χ0) is 19.3. The van der Waals surface area contributed by atoms with E-state index in [9.17, 15) is 5.26 Å². The van der Waals surface area contributed by atoms with Crippen LogP contribution in [-0.4, -0.2) is 37.3 Å². The van der Waals surface area contributed by atoms with Crippen molar-refractivity contribution in [3.8, 4) is 29.0 Å². The van der Waals surface area contributed by atoms with E-state index in [1.165, 1.54) is 4.80 Å². The number of benzene rings is 1. The lowest BCUT2D eigenvalue weighted by Gasteiger charge is -2.14. The van der Waals surface area contributed by atoms with Crippen LogP contribution in [0.1, 0.15) is 17.2 Å². The summed E-state index contributed by atoms with van der Waals surface area (Å²) >= 11 is 0.